The Hall–Kier alpha value is -0.410. The molecule has 3 heteroatoms. The Kier molecular flexibility index (Phi) is 2.83. The first-order valence-corrected chi connectivity index (χ1v) is 4.05. The molecule has 1 aromatic heterocycles. The third-order valence-corrected chi connectivity index (χ3v) is 2.21. The summed E-state index contributed by atoms with van der Waals surface area (Å²) >= 11 is 1.40. The third kappa shape index (κ3) is 1.78. The molecule has 0 bridgehead atoms. The van der Waals surface area contributed by atoms with Crippen LogP contribution in [0.4, 0.5) is 4.39 Å². The number of hydrogen-bond acceptors (Lipinski definition) is 2. The molecule has 0 saturated carbocycles. The van der Waals surface area contributed by atoms with E-state index in [2.05, 4.69) is 0 Å². The molecule has 1 nitrogen and oxygen atoms in total. The second-order valence-corrected chi connectivity index (χ2v) is 3.02. The van der Waals surface area contributed by atoms with Gasteiger partial charge in [0, 0.05) is 11.5 Å². The van der Waals surface area contributed by atoms with Crippen molar-refractivity contribution in [2.75, 3.05) is 6.61 Å². The molecule has 0 spiro atoms. The van der Waals surface area contributed by atoms with E-state index in [1.165, 1.54) is 17.4 Å². The fourth-order valence-electron chi connectivity index (χ4n) is 0.743. The third-order valence-electron chi connectivity index (χ3n) is 1.25. The zero-order valence-electron chi connectivity index (χ0n) is 5.51. The van der Waals surface area contributed by atoms with E-state index in [0.29, 0.717) is 12.8 Å². The Morgan fingerprint density at radius 2 is 2.40 bits per heavy atom. The monoisotopic (exact) mass is 160 g/mol. The summed E-state index contributed by atoms with van der Waals surface area (Å²) in [5, 5.41) is 10.2. The largest absolute Gasteiger partial charge is 0.396 e. The van der Waals surface area contributed by atoms with Crippen LogP contribution >= 0.6 is 11.3 Å². The van der Waals surface area contributed by atoms with Crippen LogP contribution in [-0.2, 0) is 6.42 Å². The van der Waals surface area contributed by atoms with Crippen molar-refractivity contribution >= 4 is 11.3 Å². The summed E-state index contributed by atoms with van der Waals surface area (Å²) in [5.74, 6) is -0.140. The molecule has 0 amide bonds. The molecule has 0 aliphatic rings. The molecule has 10 heavy (non-hydrogen) atoms. The van der Waals surface area contributed by atoms with Crippen molar-refractivity contribution in [3.63, 3.8) is 0 Å². The van der Waals surface area contributed by atoms with E-state index in [0.717, 1.165) is 4.88 Å². The van der Waals surface area contributed by atoms with E-state index < -0.39 is 0 Å². The maximum absolute atomic E-state index is 12.6. The van der Waals surface area contributed by atoms with Gasteiger partial charge >= 0.3 is 0 Å². The molecule has 0 radical (unpaired) electrons. The minimum atomic E-state index is -0.140. The predicted octanol–water partition coefficient (Wildman–Crippen LogP) is 1.81. The average molecular weight is 160 g/mol. The number of thiophene rings is 1. The Morgan fingerprint density at radius 1 is 1.60 bits per heavy atom. The first kappa shape index (κ1) is 7.69. The highest BCUT2D eigenvalue weighted by atomic mass is 32.1. The van der Waals surface area contributed by atoms with Crippen LogP contribution in [0.25, 0.3) is 0 Å². The van der Waals surface area contributed by atoms with Gasteiger partial charge in [0.25, 0.3) is 0 Å². The normalized spacial score (nSPS) is 10.2. The standard InChI is InChI=1S/C7H9FOS/c8-6-3-5-10-7(6)2-1-4-9/h3,5,9H,1-2,4H2. The SMILES string of the molecule is OCCCc1sccc1F. The lowest BCUT2D eigenvalue weighted by molar-refractivity contribution is 0.288. The minimum absolute atomic E-state index is 0.136. The smallest absolute Gasteiger partial charge is 0.137 e. The summed E-state index contributed by atoms with van der Waals surface area (Å²) in [5.41, 5.74) is 0. The molecule has 56 valence electrons. The number of rotatable bonds is 3. The van der Waals surface area contributed by atoms with E-state index in [9.17, 15) is 4.39 Å². The van der Waals surface area contributed by atoms with Crippen molar-refractivity contribution in [2.45, 2.75) is 12.8 Å². The summed E-state index contributed by atoms with van der Waals surface area (Å²) in [4.78, 5) is 0.744. The highest BCUT2D eigenvalue weighted by Gasteiger charge is 2.00. The van der Waals surface area contributed by atoms with Crippen LogP contribution in [0.15, 0.2) is 11.4 Å². The molecule has 1 rings (SSSR count). The van der Waals surface area contributed by atoms with Gasteiger partial charge in [0.05, 0.1) is 0 Å². The first-order chi connectivity index (χ1) is 4.84. The molecule has 0 unspecified atom stereocenters. The zero-order valence-corrected chi connectivity index (χ0v) is 6.33. The minimum Gasteiger partial charge on any atom is -0.396 e. The van der Waals surface area contributed by atoms with Crippen LogP contribution in [0.1, 0.15) is 11.3 Å². The number of hydrogen-bond donors (Lipinski definition) is 1. The lowest BCUT2D eigenvalue weighted by Crippen LogP contribution is -1.87. The second kappa shape index (κ2) is 3.68. The molecule has 0 fully saturated rings. The van der Waals surface area contributed by atoms with Gasteiger partial charge in [-0.2, -0.15) is 0 Å². The van der Waals surface area contributed by atoms with E-state index in [-0.39, 0.29) is 12.4 Å². The van der Waals surface area contributed by atoms with Gasteiger partial charge in [0.2, 0.25) is 0 Å². The molecular formula is C7H9FOS. The van der Waals surface area contributed by atoms with Crippen molar-refractivity contribution in [3.8, 4) is 0 Å². The van der Waals surface area contributed by atoms with Gasteiger partial charge in [-0.15, -0.1) is 11.3 Å². The number of halogens is 1. The average Bonchev–Trinajstić information content (AvgIpc) is 2.31. The molecule has 1 N–H and O–H groups in total. The van der Waals surface area contributed by atoms with Gasteiger partial charge in [-0.25, -0.2) is 4.39 Å². The van der Waals surface area contributed by atoms with Crippen molar-refractivity contribution < 1.29 is 9.50 Å². The Labute approximate surface area is 63.1 Å². The molecule has 0 aliphatic heterocycles. The Morgan fingerprint density at radius 3 is 2.90 bits per heavy atom. The Balaban J connectivity index is 2.49. The van der Waals surface area contributed by atoms with Gasteiger partial charge in [-0.1, -0.05) is 0 Å². The fourth-order valence-corrected chi connectivity index (χ4v) is 1.54. The predicted molar refractivity (Wildman–Crippen MR) is 39.7 cm³/mol. The maximum atomic E-state index is 12.6. The number of aliphatic hydroxyl groups excluding tert-OH is 1. The van der Waals surface area contributed by atoms with E-state index >= 15 is 0 Å². The first-order valence-electron chi connectivity index (χ1n) is 3.17. The van der Waals surface area contributed by atoms with Crippen molar-refractivity contribution in [1.82, 2.24) is 0 Å². The van der Waals surface area contributed by atoms with Crippen molar-refractivity contribution in [1.29, 1.82) is 0 Å². The maximum Gasteiger partial charge on any atom is 0.137 e. The van der Waals surface area contributed by atoms with Crippen LogP contribution in [0, 0.1) is 5.82 Å². The summed E-state index contributed by atoms with van der Waals surface area (Å²) in [6.07, 6.45) is 1.30. The molecule has 1 heterocycles. The zero-order chi connectivity index (χ0) is 7.40. The van der Waals surface area contributed by atoms with Gasteiger partial charge in [-0.05, 0) is 24.3 Å². The van der Waals surface area contributed by atoms with Crippen LogP contribution in [0.3, 0.4) is 0 Å². The van der Waals surface area contributed by atoms with E-state index in [4.69, 9.17) is 5.11 Å². The van der Waals surface area contributed by atoms with Crippen molar-refractivity contribution in [3.05, 3.63) is 22.1 Å². The van der Waals surface area contributed by atoms with Gasteiger partial charge in [0.1, 0.15) is 5.82 Å². The van der Waals surface area contributed by atoms with Gasteiger partial charge < -0.3 is 5.11 Å². The topological polar surface area (TPSA) is 20.2 Å². The Bertz CT molecular complexity index is 197. The van der Waals surface area contributed by atoms with Crippen LogP contribution in [0.5, 0.6) is 0 Å². The van der Waals surface area contributed by atoms with Gasteiger partial charge in [-0.3, -0.25) is 0 Å². The molecular weight excluding hydrogens is 151 g/mol. The van der Waals surface area contributed by atoms with Crippen molar-refractivity contribution in [2.24, 2.45) is 0 Å². The number of aryl methyl sites for hydroxylation is 1. The van der Waals surface area contributed by atoms with Gasteiger partial charge in [0.15, 0.2) is 0 Å². The van der Waals surface area contributed by atoms with Crippen LogP contribution in [-0.4, -0.2) is 11.7 Å². The lowest BCUT2D eigenvalue weighted by atomic mass is 10.3. The highest BCUT2D eigenvalue weighted by Crippen LogP contribution is 2.15. The summed E-state index contributed by atoms with van der Waals surface area (Å²) in [6.45, 7) is 0.136. The van der Waals surface area contributed by atoms with E-state index in [1.807, 2.05) is 0 Å². The summed E-state index contributed by atoms with van der Waals surface area (Å²) in [6, 6.07) is 1.46. The van der Waals surface area contributed by atoms with Crippen LogP contribution < -0.4 is 0 Å². The molecule has 1 aromatic rings. The second-order valence-electron chi connectivity index (χ2n) is 2.02. The quantitative estimate of drug-likeness (QED) is 0.715. The molecule has 0 aromatic carbocycles. The summed E-state index contributed by atoms with van der Waals surface area (Å²) in [7, 11) is 0. The molecule has 0 aliphatic carbocycles. The lowest BCUT2D eigenvalue weighted by Gasteiger charge is -1.92. The van der Waals surface area contributed by atoms with Crippen LogP contribution in [0.2, 0.25) is 0 Å². The highest BCUT2D eigenvalue weighted by molar-refractivity contribution is 7.09. The molecule has 0 atom stereocenters. The van der Waals surface area contributed by atoms with E-state index in [1.54, 1.807) is 5.38 Å². The molecule has 0 saturated heterocycles. The fraction of sp³-hybridized carbons (Fsp3) is 0.429. The number of aliphatic hydroxyl groups is 1. The summed E-state index contributed by atoms with van der Waals surface area (Å²) < 4.78 is 12.6.